The number of nitrogens with zero attached hydrogens (tertiary/aromatic N) is 3. The molecular weight excluding hydrogens is 381 g/mol. The van der Waals surface area contributed by atoms with E-state index >= 15 is 0 Å². The van der Waals surface area contributed by atoms with Gasteiger partial charge in [0.25, 0.3) is 0 Å². The smallest absolute Gasteiger partial charge is 0.230 e. The van der Waals surface area contributed by atoms with Crippen molar-refractivity contribution in [2.24, 2.45) is 0 Å². The molecule has 0 saturated heterocycles. The average Bonchev–Trinajstić information content (AvgIpc) is 3.16. The van der Waals surface area contributed by atoms with E-state index in [-0.39, 0.29) is 18.2 Å². The van der Waals surface area contributed by atoms with Crippen molar-refractivity contribution in [3.8, 4) is 17.6 Å². The Hall–Kier alpha value is -3.44. The van der Waals surface area contributed by atoms with Crippen molar-refractivity contribution in [3.05, 3.63) is 64.9 Å². The predicted octanol–water partition coefficient (Wildman–Crippen LogP) is 4.43. The molecule has 0 saturated carbocycles. The quantitative estimate of drug-likeness (QED) is 0.615. The first-order valence-corrected chi connectivity index (χ1v) is 9.12. The van der Waals surface area contributed by atoms with Gasteiger partial charge in [-0.2, -0.15) is 5.26 Å². The number of hydrogen-bond acceptors (Lipinski definition) is 6. The Morgan fingerprint density at radius 3 is 2.75 bits per heavy atom. The summed E-state index contributed by atoms with van der Waals surface area (Å²) >= 11 is 1.21. The molecule has 1 heterocycles. The van der Waals surface area contributed by atoms with E-state index in [0.29, 0.717) is 27.9 Å². The monoisotopic (exact) mass is 397 g/mol. The minimum absolute atomic E-state index is 0.127. The maximum absolute atomic E-state index is 14.1. The number of nitriles is 1. The highest BCUT2D eigenvalue weighted by Gasteiger charge is 2.21. The maximum Gasteiger partial charge on any atom is 0.230 e. The van der Waals surface area contributed by atoms with E-state index in [0.717, 1.165) is 0 Å². The van der Waals surface area contributed by atoms with Crippen molar-refractivity contribution in [1.29, 1.82) is 5.26 Å². The van der Waals surface area contributed by atoms with Crippen molar-refractivity contribution < 1.29 is 18.7 Å². The number of amides is 1. The summed E-state index contributed by atoms with van der Waals surface area (Å²) in [4.78, 5) is 17.7. The molecular formula is C20H16FN3O3S. The van der Waals surface area contributed by atoms with E-state index in [4.69, 9.17) is 14.7 Å². The van der Waals surface area contributed by atoms with Crippen molar-refractivity contribution in [2.45, 2.75) is 13.5 Å². The second-order valence-corrected chi connectivity index (χ2v) is 6.53. The van der Waals surface area contributed by atoms with Crippen LogP contribution in [-0.4, -0.2) is 18.0 Å². The third-order valence-electron chi connectivity index (χ3n) is 3.81. The van der Waals surface area contributed by atoms with Gasteiger partial charge >= 0.3 is 0 Å². The number of halogens is 1. The molecule has 28 heavy (non-hydrogen) atoms. The Labute approximate surface area is 165 Å². The minimum atomic E-state index is -0.506. The molecule has 1 aromatic heterocycles. The van der Waals surface area contributed by atoms with E-state index < -0.39 is 5.82 Å². The van der Waals surface area contributed by atoms with Gasteiger partial charge in [0, 0.05) is 18.4 Å². The summed E-state index contributed by atoms with van der Waals surface area (Å²) in [6.07, 6.45) is 0. The van der Waals surface area contributed by atoms with Crippen LogP contribution in [-0.2, 0) is 11.4 Å². The summed E-state index contributed by atoms with van der Waals surface area (Å²) in [6, 6.07) is 12.9. The average molecular weight is 397 g/mol. The topological polar surface area (TPSA) is 75.5 Å². The van der Waals surface area contributed by atoms with Crippen LogP contribution in [0.5, 0.6) is 11.5 Å². The standard InChI is InChI=1S/C20H16FN3O3S/c1-13(25)24(17-6-4-3-5-16(17)21)20-23-15(12-28-20)11-27-18-8-7-14(10-22)9-19(18)26-2/h3-9,12H,11H2,1-2H3. The lowest BCUT2D eigenvalue weighted by Gasteiger charge is -2.18. The van der Waals surface area contributed by atoms with Crippen LogP contribution in [0.2, 0.25) is 0 Å². The second-order valence-electron chi connectivity index (χ2n) is 5.69. The van der Waals surface area contributed by atoms with Gasteiger partial charge in [0.05, 0.1) is 30.1 Å². The van der Waals surface area contributed by atoms with Gasteiger partial charge in [0.2, 0.25) is 5.91 Å². The predicted molar refractivity (Wildman–Crippen MR) is 103 cm³/mol. The number of anilines is 2. The molecule has 8 heteroatoms. The summed E-state index contributed by atoms with van der Waals surface area (Å²) in [6.45, 7) is 1.48. The second kappa shape index (κ2) is 8.50. The fourth-order valence-corrected chi connectivity index (χ4v) is 3.38. The SMILES string of the molecule is COc1cc(C#N)ccc1OCc1csc(N(C(C)=O)c2ccccc2F)n1. The van der Waals surface area contributed by atoms with Gasteiger partial charge in [-0.05, 0) is 24.3 Å². The molecule has 0 atom stereocenters. The first-order valence-electron chi connectivity index (χ1n) is 8.24. The number of thiazole rings is 1. The van der Waals surface area contributed by atoms with Crippen LogP contribution < -0.4 is 14.4 Å². The van der Waals surface area contributed by atoms with Crippen LogP contribution in [0.25, 0.3) is 0 Å². The first-order chi connectivity index (χ1) is 13.5. The third kappa shape index (κ3) is 4.10. The first kappa shape index (κ1) is 19.3. The zero-order valence-electron chi connectivity index (χ0n) is 15.2. The lowest BCUT2D eigenvalue weighted by Crippen LogP contribution is -2.23. The van der Waals surface area contributed by atoms with Gasteiger partial charge in [0.1, 0.15) is 12.4 Å². The molecule has 6 nitrogen and oxygen atoms in total. The third-order valence-corrected chi connectivity index (χ3v) is 4.68. The number of benzene rings is 2. The van der Waals surface area contributed by atoms with Crippen LogP contribution in [0.4, 0.5) is 15.2 Å². The zero-order valence-corrected chi connectivity index (χ0v) is 16.0. The van der Waals surface area contributed by atoms with Crippen LogP contribution in [0.3, 0.4) is 0 Å². The molecule has 2 aromatic carbocycles. The molecule has 0 aliphatic rings. The van der Waals surface area contributed by atoms with Crippen molar-refractivity contribution in [1.82, 2.24) is 4.98 Å². The van der Waals surface area contributed by atoms with Crippen molar-refractivity contribution in [2.75, 3.05) is 12.0 Å². The van der Waals surface area contributed by atoms with Crippen LogP contribution in [0, 0.1) is 17.1 Å². The molecule has 0 radical (unpaired) electrons. The lowest BCUT2D eigenvalue weighted by molar-refractivity contribution is -0.115. The summed E-state index contributed by atoms with van der Waals surface area (Å²) in [5, 5.41) is 11.0. The summed E-state index contributed by atoms with van der Waals surface area (Å²) in [7, 11) is 1.49. The van der Waals surface area contributed by atoms with Gasteiger partial charge in [-0.1, -0.05) is 12.1 Å². The summed E-state index contributed by atoms with van der Waals surface area (Å²) in [5.41, 5.74) is 1.18. The fourth-order valence-electron chi connectivity index (χ4n) is 2.51. The lowest BCUT2D eigenvalue weighted by atomic mass is 10.2. The number of methoxy groups -OCH3 is 1. The van der Waals surface area contributed by atoms with Gasteiger partial charge in [-0.25, -0.2) is 9.37 Å². The van der Waals surface area contributed by atoms with E-state index in [1.165, 1.54) is 42.4 Å². The molecule has 0 unspecified atom stereocenters. The van der Waals surface area contributed by atoms with Crippen molar-refractivity contribution in [3.63, 3.8) is 0 Å². The Kier molecular flexibility index (Phi) is 5.87. The summed E-state index contributed by atoms with van der Waals surface area (Å²) < 4.78 is 25.1. The number of carbonyl (C=O) groups excluding carboxylic acids is 1. The minimum Gasteiger partial charge on any atom is -0.493 e. The van der Waals surface area contributed by atoms with Crippen LogP contribution in [0.15, 0.2) is 47.8 Å². The Morgan fingerprint density at radius 2 is 2.07 bits per heavy atom. The number of para-hydroxylation sites is 1. The van der Waals surface area contributed by atoms with E-state index in [1.54, 1.807) is 35.7 Å². The highest BCUT2D eigenvalue weighted by Crippen LogP contribution is 2.32. The Bertz CT molecular complexity index is 1050. The molecule has 1 amide bonds. The van der Waals surface area contributed by atoms with Gasteiger partial charge in [-0.3, -0.25) is 9.69 Å². The Balaban J connectivity index is 1.80. The number of ether oxygens (including phenoxy) is 2. The van der Waals surface area contributed by atoms with Crippen LogP contribution in [0.1, 0.15) is 18.2 Å². The fraction of sp³-hybridized carbons (Fsp3) is 0.150. The van der Waals surface area contributed by atoms with Gasteiger partial charge in [-0.15, -0.1) is 11.3 Å². The molecule has 0 fully saturated rings. The van der Waals surface area contributed by atoms with E-state index in [9.17, 15) is 9.18 Å². The molecule has 0 bridgehead atoms. The van der Waals surface area contributed by atoms with E-state index in [1.807, 2.05) is 6.07 Å². The molecule has 0 aliphatic heterocycles. The number of hydrogen-bond donors (Lipinski definition) is 0. The van der Waals surface area contributed by atoms with Gasteiger partial charge < -0.3 is 9.47 Å². The van der Waals surface area contributed by atoms with E-state index in [2.05, 4.69) is 4.98 Å². The molecule has 3 rings (SSSR count). The molecule has 0 aliphatic carbocycles. The highest BCUT2D eigenvalue weighted by atomic mass is 32.1. The van der Waals surface area contributed by atoms with Gasteiger partial charge in [0.15, 0.2) is 16.6 Å². The van der Waals surface area contributed by atoms with Crippen molar-refractivity contribution >= 4 is 28.1 Å². The zero-order chi connectivity index (χ0) is 20.1. The molecule has 0 spiro atoms. The number of rotatable bonds is 6. The largest absolute Gasteiger partial charge is 0.493 e. The number of carbonyl (C=O) groups is 1. The number of aromatic nitrogens is 1. The molecule has 0 N–H and O–H groups in total. The Morgan fingerprint density at radius 1 is 1.29 bits per heavy atom. The normalized spacial score (nSPS) is 10.2. The maximum atomic E-state index is 14.1. The molecule has 3 aromatic rings. The molecule has 142 valence electrons. The van der Waals surface area contributed by atoms with Crippen LogP contribution >= 0.6 is 11.3 Å². The summed E-state index contributed by atoms with van der Waals surface area (Å²) in [5.74, 6) is 0.0495. The highest BCUT2D eigenvalue weighted by molar-refractivity contribution is 7.14.